The maximum absolute atomic E-state index is 12.5. The van der Waals surface area contributed by atoms with Crippen molar-refractivity contribution < 1.29 is 24.5 Å². The van der Waals surface area contributed by atoms with E-state index in [1.54, 1.807) is 0 Å². The minimum Gasteiger partial charge on any atom is -0.466 e. The van der Waals surface area contributed by atoms with Crippen LogP contribution < -0.4 is 5.32 Å². The van der Waals surface area contributed by atoms with E-state index in [1.165, 1.54) is 347 Å². The monoisotopic (exact) mass is 1090 g/mol. The number of amides is 1. The summed E-state index contributed by atoms with van der Waals surface area (Å²) in [5.74, 6) is -0.00390. The normalized spacial score (nSPS) is 12.4. The molecular formula is C71H141NO5. The maximum Gasteiger partial charge on any atom is 0.305 e. The van der Waals surface area contributed by atoms with Crippen molar-refractivity contribution in [1.29, 1.82) is 0 Å². The van der Waals surface area contributed by atoms with Gasteiger partial charge in [-0.3, -0.25) is 9.59 Å². The summed E-state index contributed by atoms with van der Waals surface area (Å²) < 4.78 is 5.51. The number of carbonyl (C=O) groups is 2. The van der Waals surface area contributed by atoms with Crippen LogP contribution in [0.15, 0.2) is 0 Å². The van der Waals surface area contributed by atoms with Crippen molar-refractivity contribution in [3.63, 3.8) is 0 Å². The van der Waals surface area contributed by atoms with Gasteiger partial charge < -0.3 is 20.3 Å². The Labute approximate surface area is 483 Å². The molecule has 0 aromatic rings. The molecule has 0 aliphatic heterocycles. The topological polar surface area (TPSA) is 95.9 Å². The average molecular weight is 1090 g/mol. The zero-order valence-corrected chi connectivity index (χ0v) is 52.7. The van der Waals surface area contributed by atoms with E-state index in [2.05, 4.69) is 19.2 Å². The van der Waals surface area contributed by atoms with E-state index in [9.17, 15) is 19.8 Å². The molecule has 0 aromatic heterocycles. The summed E-state index contributed by atoms with van der Waals surface area (Å²) >= 11 is 0. The fourth-order valence-corrected chi connectivity index (χ4v) is 11.7. The van der Waals surface area contributed by atoms with E-state index in [1.807, 2.05) is 0 Å². The highest BCUT2D eigenvalue weighted by atomic mass is 16.5. The van der Waals surface area contributed by atoms with Gasteiger partial charge in [-0.2, -0.15) is 0 Å². The average Bonchev–Trinajstić information content (AvgIpc) is 3.43. The van der Waals surface area contributed by atoms with Gasteiger partial charge in [0, 0.05) is 12.8 Å². The number of aliphatic hydroxyl groups is 2. The Morgan fingerprint density at radius 2 is 0.532 bits per heavy atom. The minimum atomic E-state index is -0.661. The number of ether oxygens (including phenoxy) is 1. The van der Waals surface area contributed by atoms with Crippen LogP contribution in [-0.4, -0.2) is 47.4 Å². The number of unbranched alkanes of at least 4 members (excludes halogenated alkanes) is 57. The molecule has 6 heteroatoms. The molecule has 3 N–H and O–H groups in total. The van der Waals surface area contributed by atoms with E-state index in [4.69, 9.17) is 4.74 Å². The van der Waals surface area contributed by atoms with Crippen molar-refractivity contribution in [1.82, 2.24) is 5.32 Å². The molecular weight excluding hydrogens is 947 g/mol. The van der Waals surface area contributed by atoms with Crippen molar-refractivity contribution in [3.8, 4) is 0 Å². The number of esters is 1. The van der Waals surface area contributed by atoms with Crippen LogP contribution in [-0.2, 0) is 14.3 Å². The van der Waals surface area contributed by atoms with Crippen molar-refractivity contribution in [2.24, 2.45) is 0 Å². The quantitative estimate of drug-likeness (QED) is 0.0417. The highest BCUT2D eigenvalue weighted by Crippen LogP contribution is 2.20. The largest absolute Gasteiger partial charge is 0.466 e. The van der Waals surface area contributed by atoms with Gasteiger partial charge >= 0.3 is 5.97 Å². The molecule has 460 valence electrons. The Balaban J connectivity index is 3.31. The molecule has 0 saturated heterocycles. The Bertz CT molecular complexity index is 1120. The Kier molecular flexibility index (Phi) is 66.4. The van der Waals surface area contributed by atoms with Crippen LogP contribution in [0.5, 0.6) is 0 Å². The third kappa shape index (κ3) is 63.9. The first kappa shape index (κ1) is 75.9. The third-order valence-electron chi connectivity index (χ3n) is 17.2. The summed E-state index contributed by atoms with van der Waals surface area (Å²) in [5, 5.41) is 23.3. The number of rotatable bonds is 68. The highest BCUT2D eigenvalue weighted by Gasteiger charge is 2.20. The molecule has 1 amide bonds. The second-order valence-electron chi connectivity index (χ2n) is 24.9. The van der Waals surface area contributed by atoms with Crippen molar-refractivity contribution in [3.05, 3.63) is 0 Å². The van der Waals surface area contributed by atoms with Gasteiger partial charge in [0.1, 0.15) is 0 Å². The van der Waals surface area contributed by atoms with Gasteiger partial charge in [-0.15, -0.1) is 0 Å². The van der Waals surface area contributed by atoms with Gasteiger partial charge in [0.15, 0.2) is 0 Å². The fraction of sp³-hybridized carbons (Fsp3) is 0.972. The van der Waals surface area contributed by atoms with E-state index in [0.29, 0.717) is 25.9 Å². The standard InChI is InChI=1S/C71H141NO5/c1-3-5-7-9-11-13-15-17-19-32-37-41-45-49-53-57-61-65-71(76)77-66-62-58-54-50-46-42-38-34-31-29-27-25-23-21-20-22-24-26-28-30-33-36-40-44-48-52-56-60-64-70(75)72-68(67-73)69(74)63-59-55-51-47-43-39-35-18-16-14-12-10-8-6-4-2/h68-69,73-74H,3-67H2,1-2H3,(H,72,75). The van der Waals surface area contributed by atoms with Crippen LogP contribution in [0.1, 0.15) is 418 Å². The minimum absolute atomic E-state index is 0.0241. The van der Waals surface area contributed by atoms with Gasteiger partial charge in [0.05, 0.1) is 25.4 Å². The molecule has 0 rings (SSSR count). The van der Waals surface area contributed by atoms with Gasteiger partial charge in [-0.05, 0) is 25.7 Å². The fourth-order valence-electron chi connectivity index (χ4n) is 11.7. The molecule has 0 bridgehead atoms. The predicted octanol–water partition coefficient (Wildman–Crippen LogP) is 23.0. The molecule has 0 fully saturated rings. The second-order valence-corrected chi connectivity index (χ2v) is 24.9. The summed E-state index contributed by atoms with van der Waals surface area (Å²) in [6.45, 7) is 5.00. The lowest BCUT2D eigenvalue weighted by molar-refractivity contribution is -0.143. The van der Waals surface area contributed by atoms with Crippen LogP contribution >= 0.6 is 0 Å². The van der Waals surface area contributed by atoms with Gasteiger partial charge in [-0.1, -0.05) is 380 Å². The molecule has 0 heterocycles. The SMILES string of the molecule is CCCCCCCCCCCCCCCCCCCC(=O)OCCCCCCCCCCCCCCCCCCCCCCCCCCCCCCC(=O)NC(CO)C(O)CCCCCCCCCCCCCCCCC. The van der Waals surface area contributed by atoms with Crippen LogP contribution in [0.4, 0.5) is 0 Å². The predicted molar refractivity (Wildman–Crippen MR) is 338 cm³/mol. The molecule has 0 spiro atoms. The lowest BCUT2D eigenvalue weighted by Crippen LogP contribution is -2.45. The van der Waals surface area contributed by atoms with Crippen LogP contribution in [0.3, 0.4) is 0 Å². The highest BCUT2D eigenvalue weighted by molar-refractivity contribution is 5.76. The number of aliphatic hydroxyl groups excluding tert-OH is 2. The molecule has 0 aliphatic carbocycles. The smallest absolute Gasteiger partial charge is 0.305 e. The molecule has 0 aromatic carbocycles. The van der Waals surface area contributed by atoms with Gasteiger partial charge in [0.2, 0.25) is 5.91 Å². The third-order valence-corrected chi connectivity index (χ3v) is 17.2. The van der Waals surface area contributed by atoms with Gasteiger partial charge in [-0.25, -0.2) is 0 Å². The van der Waals surface area contributed by atoms with E-state index >= 15 is 0 Å². The molecule has 0 aliphatic rings. The van der Waals surface area contributed by atoms with Crippen molar-refractivity contribution >= 4 is 11.9 Å². The maximum atomic E-state index is 12.5. The molecule has 6 nitrogen and oxygen atoms in total. The number of carbonyl (C=O) groups excluding carboxylic acids is 2. The van der Waals surface area contributed by atoms with E-state index < -0.39 is 12.1 Å². The second kappa shape index (κ2) is 67.4. The summed E-state index contributed by atoms with van der Waals surface area (Å²) in [7, 11) is 0. The zero-order chi connectivity index (χ0) is 55.7. The van der Waals surface area contributed by atoms with Gasteiger partial charge in [0.25, 0.3) is 0 Å². The molecule has 0 saturated carbocycles. The Morgan fingerprint density at radius 1 is 0.312 bits per heavy atom. The number of nitrogens with one attached hydrogen (secondary N) is 1. The van der Waals surface area contributed by atoms with E-state index in [0.717, 1.165) is 38.5 Å². The summed E-state index contributed by atoms with van der Waals surface area (Å²) in [6.07, 6.45) is 81.6. The molecule has 77 heavy (non-hydrogen) atoms. The molecule has 0 radical (unpaired) electrons. The molecule has 2 atom stereocenters. The molecule has 2 unspecified atom stereocenters. The summed E-state index contributed by atoms with van der Waals surface area (Å²) in [6, 6.07) is -0.538. The first-order valence-corrected chi connectivity index (χ1v) is 35.8. The lowest BCUT2D eigenvalue weighted by Gasteiger charge is -2.22. The van der Waals surface area contributed by atoms with Crippen molar-refractivity contribution in [2.45, 2.75) is 431 Å². The first-order valence-electron chi connectivity index (χ1n) is 35.8. The van der Waals surface area contributed by atoms with E-state index in [-0.39, 0.29) is 18.5 Å². The van der Waals surface area contributed by atoms with Crippen LogP contribution in [0, 0.1) is 0 Å². The summed E-state index contributed by atoms with van der Waals surface area (Å²) in [5.41, 5.74) is 0. The lowest BCUT2D eigenvalue weighted by atomic mass is 10.0. The number of hydrogen-bond acceptors (Lipinski definition) is 5. The Morgan fingerprint density at radius 3 is 0.792 bits per heavy atom. The zero-order valence-electron chi connectivity index (χ0n) is 52.7. The van der Waals surface area contributed by atoms with Crippen molar-refractivity contribution in [2.75, 3.05) is 13.2 Å². The first-order chi connectivity index (χ1) is 38.0. The summed E-state index contributed by atoms with van der Waals surface area (Å²) in [4.78, 5) is 24.6. The van der Waals surface area contributed by atoms with Crippen LogP contribution in [0.2, 0.25) is 0 Å². The van der Waals surface area contributed by atoms with Crippen LogP contribution in [0.25, 0.3) is 0 Å². The Hall–Kier alpha value is -1.14. The number of hydrogen-bond donors (Lipinski definition) is 3.